The highest BCUT2D eigenvalue weighted by Crippen LogP contribution is 2.20. The average Bonchev–Trinajstić information content (AvgIpc) is 2.80. The van der Waals surface area contributed by atoms with E-state index >= 15 is 0 Å². The first kappa shape index (κ1) is 14.1. The van der Waals surface area contributed by atoms with Gasteiger partial charge < -0.3 is 9.67 Å². The van der Waals surface area contributed by atoms with Gasteiger partial charge in [-0.25, -0.2) is 4.98 Å². The van der Waals surface area contributed by atoms with Crippen molar-refractivity contribution in [2.24, 2.45) is 0 Å². The molecule has 2 heterocycles. The maximum atomic E-state index is 10.7. The Labute approximate surface area is 114 Å². The molecule has 1 aromatic heterocycles. The molecule has 106 valence electrons. The number of rotatable bonds is 6. The lowest BCUT2D eigenvalue weighted by atomic mass is 9.98. The molecule has 0 aliphatic carbocycles. The molecule has 5 nitrogen and oxygen atoms in total. The minimum atomic E-state index is -0.684. The van der Waals surface area contributed by atoms with Crippen molar-refractivity contribution in [1.82, 2.24) is 14.5 Å². The fourth-order valence-electron chi connectivity index (χ4n) is 2.85. The van der Waals surface area contributed by atoms with Crippen molar-refractivity contribution in [1.29, 1.82) is 0 Å². The van der Waals surface area contributed by atoms with Gasteiger partial charge in [0, 0.05) is 37.9 Å². The van der Waals surface area contributed by atoms with Crippen LogP contribution in [0.25, 0.3) is 0 Å². The summed E-state index contributed by atoms with van der Waals surface area (Å²) in [5.41, 5.74) is 0. The van der Waals surface area contributed by atoms with Crippen LogP contribution in [0.3, 0.4) is 0 Å². The molecule has 0 bridgehead atoms. The van der Waals surface area contributed by atoms with E-state index < -0.39 is 5.97 Å². The molecule has 1 aliphatic rings. The van der Waals surface area contributed by atoms with Crippen LogP contribution in [0.15, 0.2) is 12.4 Å². The van der Waals surface area contributed by atoms with Crippen molar-refractivity contribution >= 4 is 5.97 Å². The van der Waals surface area contributed by atoms with E-state index in [4.69, 9.17) is 5.11 Å². The van der Waals surface area contributed by atoms with E-state index in [9.17, 15) is 4.79 Å². The number of aryl methyl sites for hydroxylation is 1. The van der Waals surface area contributed by atoms with Gasteiger partial charge in [-0.3, -0.25) is 9.69 Å². The van der Waals surface area contributed by atoms with Gasteiger partial charge in [-0.15, -0.1) is 0 Å². The molecule has 1 fully saturated rings. The van der Waals surface area contributed by atoms with Gasteiger partial charge in [0.15, 0.2) is 0 Å². The molecule has 0 spiro atoms. The Bertz CT molecular complexity index is 417. The van der Waals surface area contributed by atoms with Gasteiger partial charge in [0.05, 0.1) is 0 Å². The van der Waals surface area contributed by atoms with Gasteiger partial charge in [-0.2, -0.15) is 0 Å². The quantitative estimate of drug-likeness (QED) is 0.853. The van der Waals surface area contributed by atoms with Crippen LogP contribution in [0, 0.1) is 6.92 Å². The first-order valence-corrected chi connectivity index (χ1v) is 7.10. The summed E-state index contributed by atoms with van der Waals surface area (Å²) in [6, 6.07) is 0.439. The first-order chi connectivity index (χ1) is 9.16. The van der Waals surface area contributed by atoms with E-state index in [1.807, 2.05) is 19.3 Å². The van der Waals surface area contributed by atoms with Crippen molar-refractivity contribution in [3.8, 4) is 0 Å². The average molecular weight is 265 g/mol. The minimum absolute atomic E-state index is 0.283. The van der Waals surface area contributed by atoms with E-state index in [1.54, 1.807) is 0 Å². The number of carboxylic acid groups (broad SMARTS) is 1. The van der Waals surface area contributed by atoms with Gasteiger partial charge in [0.2, 0.25) is 0 Å². The number of aliphatic carboxylic acids is 1. The van der Waals surface area contributed by atoms with Crippen LogP contribution < -0.4 is 0 Å². The molecule has 0 radical (unpaired) electrons. The highest BCUT2D eigenvalue weighted by Gasteiger charge is 2.22. The lowest BCUT2D eigenvalue weighted by Crippen LogP contribution is -2.41. The Balaban J connectivity index is 1.85. The summed E-state index contributed by atoms with van der Waals surface area (Å²) in [7, 11) is 0. The van der Waals surface area contributed by atoms with Crippen molar-refractivity contribution in [2.45, 2.75) is 51.6 Å². The predicted octanol–water partition coefficient (Wildman–Crippen LogP) is 1.91. The number of likely N-dealkylation sites (tertiary alicyclic amines) is 1. The molecule has 19 heavy (non-hydrogen) atoms. The number of aromatic nitrogens is 2. The van der Waals surface area contributed by atoms with Crippen LogP contribution in [-0.2, 0) is 11.3 Å². The SMILES string of the molecule is Cc1nccn1CCN1CCCCC1CCC(=O)O. The van der Waals surface area contributed by atoms with E-state index in [0.717, 1.165) is 38.3 Å². The van der Waals surface area contributed by atoms with Crippen molar-refractivity contribution in [2.75, 3.05) is 13.1 Å². The van der Waals surface area contributed by atoms with E-state index in [-0.39, 0.29) is 6.42 Å². The molecule has 1 aliphatic heterocycles. The van der Waals surface area contributed by atoms with Gasteiger partial charge in [-0.05, 0) is 32.7 Å². The highest BCUT2D eigenvalue weighted by atomic mass is 16.4. The molecule has 2 rings (SSSR count). The predicted molar refractivity (Wildman–Crippen MR) is 73.0 cm³/mol. The Kier molecular flexibility index (Phi) is 4.96. The van der Waals surface area contributed by atoms with Crippen molar-refractivity contribution in [3.63, 3.8) is 0 Å². The Morgan fingerprint density at radius 1 is 1.47 bits per heavy atom. The maximum absolute atomic E-state index is 10.7. The maximum Gasteiger partial charge on any atom is 0.303 e. The summed E-state index contributed by atoms with van der Waals surface area (Å²) in [5.74, 6) is 0.357. The zero-order valence-corrected chi connectivity index (χ0v) is 11.6. The molecule has 1 saturated heterocycles. The minimum Gasteiger partial charge on any atom is -0.481 e. The number of imidazole rings is 1. The lowest BCUT2D eigenvalue weighted by molar-refractivity contribution is -0.137. The second kappa shape index (κ2) is 6.70. The van der Waals surface area contributed by atoms with E-state index in [0.29, 0.717) is 6.04 Å². The molecule has 1 unspecified atom stereocenters. The Morgan fingerprint density at radius 2 is 2.32 bits per heavy atom. The highest BCUT2D eigenvalue weighted by molar-refractivity contribution is 5.66. The monoisotopic (exact) mass is 265 g/mol. The molecule has 0 aromatic carbocycles. The molecular weight excluding hydrogens is 242 g/mol. The fraction of sp³-hybridized carbons (Fsp3) is 0.714. The molecule has 0 amide bonds. The summed E-state index contributed by atoms with van der Waals surface area (Å²) >= 11 is 0. The van der Waals surface area contributed by atoms with E-state index in [2.05, 4.69) is 14.5 Å². The summed E-state index contributed by atoms with van der Waals surface area (Å²) in [5, 5.41) is 8.82. The topological polar surface area (TPSA) is 58.4 Å². The second-order valence-corrected chi connectivity index (χ2v) is 5.29. The molecular formula is C14H23N3O2. The van der Waals surface area contributed by atoms with Crippen LogP contribution in [0.5, 0.6) is 0 Å². The molecule has 0 saturated carbocycles. The summed E-state index contributed by atoms with van der Waals surface area (Å²) in [6.07, 6.45) is 8.48. The summed E-state index contributed by atoms with van der Waals surface area (Å²) in [6.45, 7) is 5.03. The number of carboxylic acids is 1. The summed E-state index contributed by atoms with van der Waals surface area (Å²) in [4.78, 5) is 17.4. The zero-order valence-electron chi connectivity index (χ0n) is 11.6. The number of carbonyl (C=O) groups is 1. The third-order valence-corrected chi connectivity index (χ3v) is 3.99. The number of nitrogens with zero attached hydrogens (tertiary/aromatic N) is 3. The fourth-order valence-corrected chi connectivity index (χ4v) is 2.85. The van der Waals surface area contributed by atoms with Crippen LogP contribution >= 0.6 is 0 Å². The summed E-state index contributed by atoms with van der Waals surface area (Å²) < 4.78 is 2.16. The number of piperidine rings is 1. The van der Waals surface area contributed by atoms with Gasteiger partial charge in [0.25, 0.3) is 0 Å². The number of hydrogen-bond acceptors (Lipinski definition) is 3. The second-order valence-electron chi connectivity index (χ2n) is 5.29. The standard InChI is InChI=1S/C14H23N3O2/c1-12-15-7-9-16(12)10-11-17-8-3-2-4-13(17)5-6-14(18)19/h7,9,13H,2-6,8,10-11H2,1H3,(H,18,19). The van der Waals surface area contributed by atoms with Gasteiger partial charge in [-0.1, -0.05) is 6.42 Å². The van der Waals surface area contributed by atoms with Crippen LogP contribution in [0.2, 0.25) is 0 Å². The van der Waals surface area contributed by atoms with Crippen molar-refractivity contribution < 1.29 is 9.90 Å². The molecule has 1 N–H and O–H groups in total. The lowest BCUT2D eigenvalue weighted by Gasteiger charge is -2.35. The van der Waals surface area contributed by atoms with Gasteiger partial charge >= 0.3 is 5.97 Å². The van der Waals surface area contributed by atoms with Crippen LogP contribution in [-0.4, -0.2) is 44.7 Å². The zero-order chi connectivity index (χ0) is 13.7. The molecule has 5 heteroatoms. The normalized spacial score (nSPS) is 20.6. The Hall–Kier alpha value is -1.36. The van der Waals surface area contributed by atoms with E-state index in [1.165, 1.54) is 12.8 Å². The molecule has 1 atom stereocenters. The molecule has 1 aromatic rings. The third-order valence-electron chi connectivity index (χ3n) is 3.99. The third kappa shape index (κ3) is 4.06. The largest absolute Gasteiger partial charge is 0.481 e. The van der Waals surface area contributed by atoms with Crippen molar-refractivity contribution in [3.05, 3.63) is 18.2 Å². The number of hydrogen-bond donors (Lipinski definition) is 1. The van der Waals surface area contributed by atoms with Crippen LogP contribution in [0.4, 0.5) is 0 Å². The smallest absolute Gasteiger partial charge is 0.303 e. The first-order valence-electron chi connectivity index (χ1n) is 7.10. The van der Waals surface area contributed by atoms with Gasteiger partial charge in [0.1, 0.15) is 5.82 Å². The Morgan fingerprint density at radius 3 is 3.00 bits per heavy atom. The van der Waals surface area contributed by atoms with Crippen LogP contribution in [0.1, 0.15) is 37.9 Å².